The van der Waals surface area contributed by atoms with Gasteiger partial charge in [0.1, 0.15) is 0 Å². The van der Waals surface area contributed by atoms with Gasteiger partial charge in [0, 0.05) is 17.0 Å². The molecule has 2 N–H and O–H groups in total. The molecule has 76 valence electrons. The highest BCUT2D eigenvalue weighted by atomic mass is 35.5. The van der Waals surface area contributed by atoms with Crippen LogP contribution in [0.5, 0.6) is 0 Å². The Hall–Kier alpha value is -0.790. The normalized spacial score (nSPS) is 14.8. The van der Waals surface area contributed by atoms with E-state index in [0.717, 1.165) is 6.42 Å². The third-order valence-electron chi connectivity index (χ3n) is 2.05. The van der Waals surface area contributed by atoms with E-state index in [0.29, 0.717) is 11.5 Å². The van der Waals surface area contributed by atoms with Crippen molar-refractivity contribution < 1.29 is 0 Å². The molecule has 0 fully saturated rings. The lowest BCUT2D eigenvalue weighted by atomic mass is 9.91. The molecule has 0 aliphatic rings. The lowest BCUT2D eigenvalue weighted by Crippen LogP contribution is -2.38. The van der Waals surface area contributed by atoms with Gasteiger partial charge in [-0.3, -0.25) is 0 Å². The molecule has 2 heteroatoms. The van der Waals surface area contributed by atoms with Gasteiger partial charge in [-0.1, -0.05) is 48.5 Å². The molecule has 0 bridgehead atoms. The summed E-state index contributed by atoms with van der Waals surface area (Å²) >= 11 is 5.75. The second-order valence-electron chi connectivity index (χ2n) is 4.01. The van der Waals surface area contributed by atoms with E-state index in [4.69, 9.17) is 17.3 Å². The van der Waals surface area contributed by atoms with Gasteiger partial charge >= 0.3 is 0 Å². The van der Waals surface area contributed by atoms with Crippen LogP contribution in [0.25, 0.3) is 0 Å². The second-order valence-corrected chi connectivity index (χ2v) is 4.54. The fourth-order valence-electron chi connectivity index (χ4n) is 1.56. The monoisotopic (exact) mass is 209 g/mol. The van der Waals surface area contributed by atoms with Crippen LogP contribution >= 0.6 is 11.6 Å². The molecular formula is C12H16ClN. The lowest BCUT2D eigenvalue weighted by Gasteiger charge is -2.24. The van der Waals surface area contributed by atoms with E-state index in [1.165, 1.54) is 5.56 Å². The fraction of sp³-hybridized carbons (Fsp3) is 0.333. The third-order valence-corrected chi connectivity index (χ3v) is 2.18. The zero-order valence-corrected chi connectivity index (χ0v) is 9.22. The molecule has 0 aliphatic carbocycles. The Labute approximate surface area is 90.6 Å². The molecule has 1 aromatic carbocycles. The van der Waals surface area contributed by atoms with Crippen LogP contribution in [0.4, 0.5) is 0 Å². The van der Waals surface area contributed by atoms with Crippen LogP contribution in [-0.4, -0.2) is 5.54 Å². The molecular weight excluding hydrogens is 194 g/mol. The Morgan fingerprint density at radius 2 is 2.00 bits per heavy atom. The van der Waals surface area contributed by atoms with Gasteiger partial charge < -0.3 is 5.73 Å². The van der Waals surface area contributed by atoms with Crippen molar-refractivity contribution in [3.8, 4) is 0 Å². The summed E-state index contributed by atoms with van der Waals surface area (Å²) < 4.78 is 0. The minimum absolute atomic E-state index is 0.305. The quantitative estimate of drug-likeness (QED) is 0.811. The van der Waals surface area contributed by atoms with Crippen molar-refractivity contribution in [3.05, 3.63) is 47.5 Å². The predicted octanol–water partition coefficient (Wildman–Crippen LogP) is 3.09. The Morgan fingerprint density at radius 1 is 1.43 bits per heavy atom. The number of benzene rings is 1. The topological polar surface area (TPSA) is 26.0 Å². The summed E-state index contributed by atoms with van der Waals surface area (Å²) in [7, 11) is 0. The van der Waals surface area contributed by atoms with Crippen LogP contribution in [0, 0.1) is 0 Å². The van der Waals surface area contributed by atoms with Gasteiger partial charge in [-0.2, -0.15) is 0 Å². The van der Waals surface area contributed by atoms with E-state index < -0.39 is 0 Å². The van der Waals surface area contributed by atoms with Crippen molar-refractivity contribution in [1.82, 2.24) is 0 Å². The van der Waals surface area contributed by atoms with Gasteiger partial charge in [-0.15, -0.1) is 0 Å². The number of rotatable bonds is 4. The molecule has 0 aliphatic heterocycles. The van der Waals surface area contributed by atoms with Gasteiger partial charge in [0.25, 0.3) is 0 Å². The second kappa shape index (κ2) is 4.63. The number of halogens is 1. The van der Waals surface area contributed by atoms with Crippen molar-refractivity contribution in [2.45, 2.75) is 25.3 Å². The average Bonchev–Trinajstić information content (AvgIpc) is 2.02. The van der Waals surface area contributed by atoms with Gasteiger partial charge in [0.2, 0.25) is 0 Å². The molecule has 0 amide bonds. The molecule has 1 rings (SSSR count). The summed E-state index contributed by atoms with van der Waals surface area (Å²) in [4.78, 5) is 0. The Balaban J connectivity index is 2.63. The first-order valence-corrected chi connectivity index (χ1v) is 5.03. The Kier molecular flexibility index (Phi) is 3.73. The van der Waals surface area contributed by atoms with Gasteiger partial charge in [-0.25, -0.2) is 0 Å². The van der Waals surface area contributed by atoms with E-state index >= 15 is 0 Å². The first kappa shape index (κ1) is 11.3. The van der Waals surface area contributed by atoms with Crippen molar-refractivity contribution in [2.75, 3.05) is 0 Å². The van der Waals surface area contributed by atoms with Crippen molar-refractivity contribution in [3.63, 3.8) is 0 Å². The molecule has 14 heavy (non-hydrogen) atoms. The largest absolute Gasteiger partial charge is 0.325 e. The first-order valence-electron chi connectivity index (χ1n) is 4.66. The van der Waals surface area contributed by atoms with Crippen molar-refractivity contribution >= 4 is 11.6 Å². The van der Waals surface area contributed by atoms with Gasteiger partial charge in [0.15, 0.2) is 0 Å². The van der Waals surface area contributed by atoms with E-state index in [2.05, 4.69) is 18.7 Å². The Bertz CT molecular complexity index is 303. The highest BCUT2D eigenvalue weighted by Crippen LogP contribution is 2.19. The van der Waals surface area contributed by atoms with Crippen LogP contribution in [0.1, 0.15) is 18.9 Å². The van der Waals surface area contributed by atoms with Crippen LogP contribution in [0.2, 0.25) is 0 Å². The standard InChI is InChI=1S/C12H16ClN/c1-10(13)8-12(2,14)9-11-6-4-3-5-7-11/h3-7H,1,8-9,14H2,2H3/t12-/m0/s1. The summed E-state index contributed by atoms with van der Waals surface area (Å²) in [6.07, 6.45) is 1.46. The fourth-order valence-corrected chi connectivity index (χ4v) is 1.87. The van der Waals surface area contributed by atoms with Crippen LogP contribution in [0.15, 0.2) is 41.9 Å². The molecule has 0 heterocycles. The van der Waals surface area contributed by atoms with Crippen LogP contribution in [0.3, 0.4) is 0 Å². The maximum absolute atomic E-state index is 6.10. The van der Waals surface area contributed by atoms with Crippen molar-refractivity contribution in [1.29, 1.82) is 0 Å². The maximum Gasteiger partial charge on any atom is 0.0215 e. The summed E-state index contributed by atoms with van der Waals surface area (Å²) in [6.45, 7) is 5.66. The smallest absolute Gasteiger partial charge is 0.0215 e. The molecule has 0 aromatic heterocycles. The zero-order valence-electron chi connectivity index (χ0n) is 8.46. The van der Waals surface area contributed by atoms with E-state index in [1.807, 2.05) is 25.1 Å². The van der Waals surface area contributed by atoms with Crippen LogP contribution < -0.4 is 5.73 Å². The minimum Gasteiger partial charge on any atom is -0.325 e. The maximum atomic E-state index is 6.10. The highest BCUT2D eigenvalue weighted by Gasteiger charge is 2.19. The lowest BCUT2D eigenvalue weighted by molar-refractivity contribution is 0.469. The minimum atomic E-state index is -0.305. The molecule has 0 saturated heterocycles. The third kappa shape index (κ3) is 3.95. The molecule has 1 atom stereocenters. The summed E-state index contributed by atoms with van der Waals surface area (Å²) in [5.41, 5.74) is 7.03. The van der Waals surface area contributed by atoms with E-state index in [1.54, 1.807) is 0 Å². The average molecular weight is 210 g/mol. The number of hydrogen-bond acceptors (Lipinski definition) is 1. The van der Waals surface area contributed by atoms with Crippen molar-refractivity contribution in [2.24, 2.45) is 5.73 Å². The van der Waals surface area contributed by atoms with Gasteiger partial charge in [-0.05, 0) is 18.9 Å². The van der Waals surface area contributed by atoms with Crippen LogP contribution in [-0.2, 0) is 6.42 Å². The predicted molar refractivity (Wildman–Crippen MR) is 62.3 cm³/mol. The summed E-state index contributed by atoms with van der Waals surface area (Å²) in [6, 6.07) is 10.2. The zero-order chi connectivity index (χ0) is 10.6. The summed E-state index contributed by atoms with van der Waals surface area (Å²) in [5.74, 6) is 0. The van der Waals surface area contributed by atoms with E-state index in [-0.39, 0.29) is 5.54 Å². The molecule has 0 unspecified atom stereocenters. The SMILES string of the molecule is C=C(Cl)C[C@](C)(N)Cc1ccccc1. The highest BCUT2D eigenvalue weighted by molar-refractivity contribution is 6.29. The molecule has 0 radical (unpaired) electrons. The molecule has 1 aromatic rings. The first-order chi connectivity index (χ1) is 6.49. The number of nitrogens with two attached hydrogens (primary N) is 1. The Morgan fingerprint density at radius 3 is 2.50 bits per heavy atom. The molecule has 0 saturated carbocycles. The van der Waals surface area contributed by atoms with E-state index in [9.17, 15) is 0 Å². The molecule has 1 nitrogen and oxygen atoms in total. The van der Waals surface area contributed by atoms with Gasteiger partial charge in [0.05, 0.1) is 0 Å². The number of hydrogen-bond donors (Lipinski definition) is 1. The summed E-state index contributed by atoms with van der Waals surface area (Å²) in [5, 5.41) is 0.617. The molecule has 0 spiro atoms.